The van der Waals surface area contributed by atoms with Crippen molar-refractivity contribution in [2.75, 3.05) is 13.2 Å². The number of aromatic amines is 1. The van der Waals surface area contributed by atoms with Crippen LogP contribution in [0.5, 0.6) is 0 Å². The molecule has 3 fully saturated rings. The van der Waals surface area contributed by atoms with Gasteiger partial charge in [0.1, 0.15) is 0 Å². The maximum atomic E-state index is 6.41. The number of hydrogen-bond donors (Lipinski definition) is 2. The highest BCUT2D eigenvalue weighted by Crippen LogP contribution is 2.56. The first-order valence-corrected chi connectivity index (χ1v) is 10.3. The highest BCUT2D eigenvalue weighted by Gasteiger charge is 2.54. The lowest BCUT2D eigenvalue weighted by Crippen LogP contribution is -2.55. The maximum Gasteiger partial charge on any atom is 0.0778 e. The third-order valence-corrected chi connectivity index (χ3v) is 7.90. The van der Waals surface area contributed by atoms with Crippen LogP contribution in [0, 0.1) is 11.8 Å². The van der Waals surface area contributed by atoms with Crippen molar-refractivity contribution in [3.8, 4) is 0 Å². The summed E-state index contributed by atoms with van der Waals surface area (Å²) in [7, 11) is 0. The summed E-state index contributed by atoms with van der Waals surface area (Å²) in [5.41, 5.74) is 1.28. The molecule has 7 heteroatoms. The van der Waals surface area contributed by atoms with Gasteiger partial charge in [-0.05, 0) is 31.7 Å². The molecule has 2 N–H and O–H groups in total. The summed E-state index contributed by atoms with van der Waals surface area (Å²) < 4.78 is 8.51. The number of nitrogens with one attached hydrogen (secondary N) is 2. The van der Waals surface area contributed by atoms with Crippen molar-refractivity contribution in [1.29, 1.82) is 0 Å². The van der Waals surface area contributed by atoms with E-state index in [4.69, 9.17) is 4.74 Å². The molecular weight excluding hydrogens is 334 g/mol. The highest BCUT2D eigenvalue weighted by atomic mass is 32.2. The number of hydrogen-bond acceptors (Lipinski definition) is 5. The molecule has 0 spiro atoms. The van der Waals surface area contributed by atoms with Gasteiger partial charge in [-0.25, -0.2) is 0 Å². The number of H-pyrrole nitrogens is 1. The number of ether oxygens (including phenoxy) is 1. The van der Waals surface area contributed by atoms with E-state index >= 15 is 0 Å². The maximum absolute atomic E-state index is 6.41. The fourth-order valence-corrected chi connectivity index (χ4v) is 6.93. The average Bonchev–Trinajstić information content (AvgIpc) is 3.35. The van der Waals surface area contributed by atoms with Crippen molar-refractivity contribution in [2.24, 2.45) is 11.8 Å². The molecule has 0 radical (unpaired) electrons. The third-order valence-electron chi connectivity index (χ3n) is 6.24. The summed E-state index contributed by atoms with van der Waals surface area (Å²) in [6.07, 6.45) is 10.7. The first-order chi connectivity index (χ1) is 12.3. The van der Waals surface area contributed by atoms with Crippen LogP contribution in [0.1, 0.15) is 36.6 Å². The van der Waals surface area contributed by atoms with Gasteiger partial charge in [0.2, 0.25) is 0 Å². The SMILES string of the molecule is CC(C1NCC2SC(c3cn[nH]c3)[C@@H]3OCCCC1C23)n1cccn1. The lowest BCUT2D eigenvalue weighted by molar-refractivity contribution is 0.00335. The van der Waals surface area contributed by atoms with E-state index in [9.17, 15) is 0 Å². The molecule has 3 aliphatic rings. The number of aromatic nitrogens is 4. The molecule has 2 aromatic rings. The number of nitrogens with zero attached hydrogens (tertiary/aromatic N) is 3. The van der Waals surface area contributed by atoms with Gasteiger partial charge in [-0.3, -0.25) is 9.78 Å². The Hall–Kier alpha value is -1.31. The van der Waals surface area contributed by atoms with E-state index in [1.807, 2.05) is 24.7 Å². The van der Waals surface area contributed by atoms with Gasteiger partial charge < -0.3 is 10.1 Å². The van der Waals surface area contributed by atoms with Gasteiger partial charge in [-0.2, -0.15) is 10.2 Å². The van der Waals surface area contributed by atoms with Gasteiger partial charge >= 0.3 is 0 Å². The zero-order valence-electron chi connectivity index (χ0n) is 14.4. The Bertz CT molecular complexity index is 690. The van der Waals surface area contributed by atoms with Gasteiger partial charge in [-0.1, -0.05) is 0 Å². The summed E-state index contributed by atoms with van der Waals surface area (Å²) in [5, 5.41) is 16.5. The number of piperidine rings is 1. The minimum absolute atomic E-state index is 0.300. The molecular formula is C18H25N5OS. The lowest BCUT2D eigenvalue weighted by Gasteiger charge is -2.43. The molecule has 5 rings (SSSR count). The van der Waals surface area contributed by atoms with E-state index in [1.54, 1.807) is 0 Å². The molecule has 3 aliphatic heterocycles. The van der Waals surface area contributed by atoms with E-state index < -0.39 is 0 Å². The third kappa shape index (κ3) is 2.64. The van der Waals surface area contributed by atoms with Crippen LogP contribution in [-0.4, -0.2) is 50.5 Å². The minimum Gasteiger partial charge on any atom is -0.376 e. The van der Waals surface area contributed by atoms with E-state index in [-0.39, 0.29) is 0 Å². The smallest absolute Gasteiger partial charge is 0.0778 e. The van der Waals surface area contributed by atoms with Gasteiger partial charge in [0.05, 0.1) is 23.6 Å². The summed E-state index contributed by atoms with van der Waals surface area (Å²) in [6.45, 7) is 4.22. The van der Waals surface area contributed by atoms with E-state index in [0.29, 0.717) is 40.5 Å². The molecule has 0 saturated carbocycles. The van der Waals surface area contributed by atoms with Crippen molar-refractivity contribution < 1.29 is 4.74 Å². The van der Waals surface area contributed by atoms with Crippen LogP contribution in [-0.2, 0) is 4.74 Å². The van der Waals surface area contributed by atoms with Gasteiger partial charge in [0.15, 0.2) is 0 Å². The molecule has 0 aliphatic carbocycles. The van der Waals surface area contributed by atoms with Gasteiger partial charge in [0.25, 0.3) is 0 Å². The molecule has 3 saturated heterocycles. The van der Waals surface area contributed by atoms with Crippen molar-refractivity contribution >= 4 is 11.8 Å². The quantitative estimate of drug-likeness (QED) is 0.881. The number of rotatable bonds is 3. The molecule has 25 heavy (non-hydrogen) atoms. The predicted octanol–water partition coefficient (Wildman–Crippen LogP) is 2.41. The second-order valence-electron chi connectivity index (χ2n) is 7.51. The van der Waals surface area contributed by atoms with Crippen LogP contribution < -0.4 is 5.32 Å². The second kappa shape index (κ2) is 6.45. The Kier molecular flexibility index (Phi) is 4.10. The highest BCUT2D eigenvalue weighted by molar-refractivity contribution is 8.00. The first-order valence-electron chi connectivity index (χ1n) is 9.31. The van der Waals surface area contributed by atoms with Crippen LogP contribution in [0.4, 0.5) is 0 Å². The van der Waals surface area contributed by atoms with Crippen LogP contribution in [0.2, 0.25) is 0 Å². The van der Waals surface area contributed by atoms with Gasteiger partial charge in [-0.15, -0.1) is 11.8 Å². The molecule has 6 nitrogen and oxygen atoms in total. The Labute approximate surface area is 152 Å². The fourth-order valence-electron chi connectivity index (χ4n) is 5.12. The largest absolute Gasteiger partial charge is 0.376 e. The summed E-state index contributed by atoms with van der Waals surface area (Å²) in [6, 6.07) is 2.83. The van der Waals surface area contributed by atoms with Crippen molar-refractivity contribution in [1.82, 2.24) is 25.3 Å². The topological polar surface area (TPSA) is 67.8 Å². The van der Waals surface area contributed by atoms with Crippen molar-refractivity contribution in [2.45, 2.75) is 48.5 Å². The molecule has 0 amide bonds. The summed E-state index contributed by atoms with van der Waals surface area (Å²) in [4.78, 5) is 0. The first kappa shape index (κ1) is 15.9. The van der Waals surface area contributed by atoms with Crippen molar-refractivity contribution in [3.63, 3.8) is 0 Å². The number of thioether (sulfide) groups is 1. The monoisotopic (exact) mass is 359 g/mol. The Balaban J connectivity index is 1.46. The molecule has 7 atom stereocenters. The molecule has 0 aromatic carbocycles. The molecule has 134 valence electrons. The fraction of sp³-hybridized carbons (Fsp3) is 0.667. The van der Waals surface area contributed by atoms with Crippen LogP contribution in [0.3, 0.4) is 0 Å². The Morgan fingerprint density at radius 1 is 1.44 bits per heavy atom. The van der Waals surface area contributed by atoms with Crippen molar-refractivity contribution in [3.05, 3.63) is 36.4 Å². The zero-order valence-corrected chi connectivity index (χ0v) is 15.2. The van der Waals surface area contributed by atoms with E-state index in [2.05, 4.69) is 50.2 Å². The van der Waals surface area contributed by atoms with Gasteiger partial charge in [0, 0.05) is 54.5 Å². The molecule has 6 unspecified atom stereocenters. The summed E-state index contributed by atoms with van der Waals surface area (Å²) in [5.74, 6) is 1.24. The normalized spacial score (nSPS) is 38.9. The second-order valence-corrected chi connectivity index (χ2v) is 8.89. The Morgan fingerprint density at radius 2 is 2.40 bits per heavy atom. The van der Waals surface area contributed by atoms with Crippen LogP contribution in [0.15, 0.2) is 30.9 Å². The average molecular weight is 359 g/mol. The Morgan fingerprint density at radius 3 is 3.20 bits per heavy atom. The standard InChI is InChI=1S/C18H25N5OS/c1-11(23-6-3-5-22-23)16-13-4-2-7-24-17-15(13)14(10-19-16)25-18(17)12-8-20-21-9-12/h3,5-6,8-9,11,13-19H,2,4,7,10H2,1H3,(H,20,21)/t11?,13?,14?,15?,16?,17-,18?/m1/s1. The molecule has 2 aromatic heterocycles. The molecule has 0 bridgehead atoms. The summed E-state index contributed by atoms with van der Waals surface area (Å²) >= 11 is 2.08. The lowest BCUT2D eigenvalue weighted by atomic mass is 9.72. The minimum atomic E-state index is 0.300. The van der Waals surface area contributed by atoms with Crippen LogP contribution in [0.25, 0.3) is 0 Å². The van der Waals surface area contributed by atoms with E-state index in [1.165, 1.54) is 12.0 Å². The zero-order chi connectivity index (χ0) is 16.8. The van der Waals surface area contributed by atoms with Crippen LogP contribution >= 0.6 is 11.8 Å². The van der Waals surface area contributed by atoms with E-state index in [0.717, 1.165) is 19.6 Å². The predicted molar refractivity (Wildman–Crippen MR) is 97.4 cm³/mol. The molecule has 5 heterocycles.